The number of anilines is 2. The van der Waals surface area contributed by atoms with E-state index in [0.29, 0.717) is 54.6 Å². The van der Waals surface area contributed by atoms with Gasteiger partial charge >= 0.3 is 5.97 Å². The summed E-state index contributed by atoms with van der Waals surface area (Å²) in [7, 11) is 1.30. The van der Waals surface area contributed by atoms with Crippen molar-refractivity contribution in [3.05, 3.63) is 81.6 Å². The van der Waals surface area contributed by atoms with Gasteiger partial charge in [0.25, 0.3) is 5.69 Å². The van der Waals surface area contributed by atoms with Crippen LogP contribution in [0.25, 0.3) is 17.4 Å². The molecule has 1 fully saturated rings. The van der Waals surface area contributed by atoms with E-state index in [1.54, 1.807) is 43.3 Å². The van der Waals surface area contributed by atoms with Crippen LogP contribution in [0.3, 0.4) is 0 Å². The summed E-state index contributed by atoms with van der Waals surface area (Å²) in [5.41, 5.74) is 3.01. The lowest BCUT2D eigenvalue weighted by Crippen LogP contribution is -2.36. The number of benzene rings is 2. The van der Waals surface area contributed by atoms with Gasteiger partial charge in [0.05, 0.1) is 42.2 Å². The van der Waals surface area contributed by atoms with E-state index < -0.39 is 16.8 Å². The number of hydrogen-bond acceptors (Lipinski definition) is 8. The molecule has 1 aliphatic heterocycles. The summed E-state index contributed by atoms with van der Waals surface area (Å²) in [4.78, 5) is 37.4. The number of nitrogens with one attached hydrogen (secondary N) is 1. The topological polar surface area (TPSA) is 124 Å². The molecular weight excluding hydrogens is 466 g/mol. The fourth-order valence-corrected chi connectivity index (χ4v) is 3.92. The van der Waals surface area contributed by atoms with Crippen LogP contribution in [0.15, 0.2) is 59.0 Å². The molecule has 4 rings (SSSR count). The lowest BCUT2D eigenvalue weighted by atomic mass is 10.1. The first-order valence-electron chi connectivity index (χ1n) is 11.2. The van der Waals surface area contributed by atoms with Gasteiger partial charge in [-0.3, -0.25) is 14.9 Å². The van der Waals surface area contributed by atoms with Crippen molar-refractivity contribution in [1.82, 2.24) is 0 Å². The maximum absolute atomic E-state index is 12.7. The quantitative estimate of drug-likeness (QED) is 0.223. The van der Waals surface area contributed by atoms with Crippen LogP contribution in [0.4, 0.5) is 17.1 Å². The minimum absolute atomic E-state index is 0.00677. The van der Waals surface area contributed by atoms with E-state index in [1.807, 2.05) is 0 Å². The summed E-state index contributed by atoms with van der Waals surface area (Å²) in [6.07, 6.45) is 2.86. The number of nitro groups is 1. The number of amides is 1. The molecule has 2 heterocycles. The standard InChI is InChI=1S/C26H25N3O7/c1-17-15-19(29(32)33)4-7-21(17)24-9-5-20(36-24)6-10-25(30)27-22-16-18(26(31)34-2)3-8-23(22)28-11-13-35-14-12-28/h3-10,15-16H,11-14H2,1-2H3,(H,27,30)/b10-6+. The molecule has 10 heteroatoms. The molecule has 1 saturated heterocycles. The molecule has 3 aromatic rings. The first kappa shape index (κ1) is 24.7. The fraction of sp³-hybridized carbons (Fsp3) is 0.231. The molecule has 0 aliphatic carbocycles. The van der Waals surface area contributed by atoms with Crippen LogP contribution in [0.5, 0.6) is 0 Å². The van der Waals surface area contributed by atoms with E-state index in [1.165, 1.54) is 31.4 Å². The molecular formula is C26H25N3O7. The Hall–Kier alpha value is -4.44. The Bertz CT molecular complexity index is 1320. The van der Waals surface area contributed by atoms with Crippen molar-refractivity contribution >= 4 is 35.0 Å². The average molecular weight is 492 g/mol. The van der Waals surface area contributed by atoms with Crippen LogP contribution in [0.1, 0.15) is 21.7 Å². The number of methoxy groups -OCH3 is 1. The van der Waals surface area contributed by atoms with E-state index in [-0.39, 0.29) is 5.69 Å². The van der Waals surface area contributed by atoms with Crippen molar-refractivity contribution < 1.29 is 28.4 Å². The van der Waals surface area contributed by atoms with E-state index in [2.05, 4.69) is 10.2 Å². The van der Waals surface area contributed by atoms with E-state index in [0.717, 1.165) is 11.3 Å². The summed E-state index contributed by atoms with van der Waals surface area (Å²) in [6, 6.07) is 13.0. The highest BCUT2D eigenvalue weighted by atomic mass is 16.6. The Morgan fingerprint density at radius 2 is 1.89 bits per heavy atom. The third-order valence-corrected chi connectivity index (χ3v) is 5.74. The zero-order valence-electron chi connectivity index (χ0n) is 19.9. The van der Waals surface area contributed by atoms with E-state index in [4.69, 9.17) is 13.9 Å². The lowest BCUT2D eigenvalue weighted by Gasteiger charge is -2.30. The van der Waals surface area contributed by atoms with Gasteiger partial charge in [0.1, 0.15) is 11.5 Å². The van der Waals surface area contributed by atoms with E-state index >= 15 is 0 Å². The number of nitro benzene ring substituents is 1. The van der Waals surface area contributed by atoms with Gasteiger partial charge in [-0.1, -0.05) is 0 Å². The number of morpholine rings is 1. The fourth-order valence-electron chi connectivity index (χ4n) is 3.92. The van der Waals surface area contributed by atoms with Crippen LogP contribution in [-0.4, -0.2) is 50.2 Å². The average Bonchev–Trinajstić information content (AvgIpc) is 3.36. The van der Waals surface area contributed by atoms with E-state index in [9.17, 15) is 19.7 Å². The first-order valence-corrected chi connectivity index (χ1v) is 11.2. The molecule has 1 amide bonds. The van der Waals surface area contributed by atoms with Gasteiger partial charge in [-0.15, -0.1) is 0 Å². The van der Waals surface area contributed by atoms with Gasteiger partial charge in [0, 0.05) is 36.9 Å². The number of aryl methyl sites for hydroxylation is 1. The minimum Gasteiger partial charge on any atom is -0.465 e. The summed E-state index contributed by atoms with van der Waals surface area (Å²) in [5, 5.41) is 13.8. The molecule has 0 atom stereocenters. The van der Waals surface area contributed by atoms with Crippen molar-refractivity contribution in [3.8, 4) is 11.3 Å². The highest BCUT2D eigenvalue weighted by Crippen LogP contribution is 2.30. The SMILES string of the molecule is COC(=O)c1ccc(N2CCOCC2)c(NC(=O)/C=C/c2ccc(-c3ccc([N+](=O)[O-])cc3C)o2)c1. The van der Waals surface area contributed by atoms with Gasteiger partial charge in [-0.05, 0) is 55.0 Å². The summed E-state index contributed by atoms with van der Waals surface area (Å²) in [5.74, 6) is 0.0627. The molecule has 186 valence electrons. The molecule has 36 heavy (non-hydrogen) atoms. The Morgan fingerprint density at radius 1 is 1.11 bits per heavy atom. The van der Waals surface area contributed by atoms with Gasteiger partial charge < -0.3 is 24.1 Å². The Balaban J connectivity index is 1.51. The number of carbonyl (C=O) groups excluding carboxylic acids is 2. The molecule has 0 unspecified atom stereocenters. The summed E-state index contributed by atoms with van der Waals surface area (Å²) >= 11 is 0. The number of carbonyl (C=O) groups is 2. The second-order valence-corrected chi connectivity index (χ2v) is 8.10. The molecule has 2 aromatic carbocycles. The third kappa shape index (κ3) is 5.61. The molecule has 1 N–H and O–H groups in total. The normalized spacial score (nSPS) is 13.6. The summed E-state index contributed by atoms with van der Waals surface area (Å²) < 4.78 is 16.0. The second kappa shape index (κ2) is 10.9. The number of ether oxygens (including phenoxy) is 2. The predicted molar refractivity (Wildman–Crippen MR) is 134 cm³/mol. The molecule has 0 bridgehead atoms. The largest absolute Gasteiger partial charge is 0.465 e. The van der Waals surface area contributed by atoms with Crippen molar-refractivity contribution in [2.75, 3.05) is 43.6 Å². The molecule has 0 radical (unpaired) electrons. The zero-order valence-corrected chi connectivity index (χ0v) is 19.9. The number of furan rings is 1. The molecule has 10 nitrogen and oxygen atoms in total. The third-order valence-electron chi connectivity index (χ3n) is 5.74. The van der Waals surface area contributed by atoms with Crippen molar-refractivity contribution in [2.45, 2.75) is 6.92 Å². The first-order chi connectivity index (χ1) is 17.4. The van der Waals surface area contributed by atoms with Crippen LogP contribution in [0, 0.1) is 17.0 Å². The van der Waals surface area contributed by atoms with Crippen molar-refractivity contribution in [3.63, 3.8) is 0 Å². The molecule has 0 spiro atoms. The molecule has 1 aromatic heterocycles. The smallest absolute Gasteiger partial charge is 0.337 e. The van der Waals surface area contributed by atoms with Crippen LogP contribution < -0.4 is 10.2 Å². The van der Waals surface area contributed by atoms with Crippen molar-refractivity contribution in [1.29, 1.82) is 0 Å². The number of rotatable bonds is 7. The molecule has 1 aliphatic rings. The number of esters is 1. The number of hydrogen-bond donors (Lipinski definition) is 1. The van der Waals surface area contributed by atoms with Crippen LogP contribution in [-0.2, 0) is 14.3 Å². The maximum Gasteiger partial charge on any atom is 0.337 e. The minimum atomic E-state index is -0.501. The maximum atomic E-state index is 12.7. The highest BCUT2D eigenvalue weighted by Gasteiger charge is 2.18. The van der Waals surface area contributed by atoms with Gasteiger partial charge in [0.15, 0.2) is 0 Å². The summed E-state index contributed by atoms with van der Waals surface area (Å²) in [6.45, 7) is 4.23. The van der Waals surface area contributed by atoms with Crippen LogP contribution >= 0.6 is 0 Å². The van der Waals surface area contributed by atoms with Crippen molar-refractivity contribution in [2.24, 2.45) is 0 Å². The highest BCUT2D eigenvalue weighted by molar-refractivity contribution is 6.04. The van der Waals surface area contributed by atoms with Gasteiger partial charge in [-0.25, -0.2) is 4.79 Å². The van der Waals surface area contributed by atoms with Crippen LogP contribution in [0.2, 0.25) is 0 Å². The zero-order chi connectivity index (χ0) is 25.7. The molecule has 0 saturated carbocycles. The Morgan fingerprint density at radius 3 is 2.58 bits per heavy atom. The van der Waals surface area contributed by atoms with Gasteiger partial charge in [0.2, 0.25) is 5.91 Å². The Labute approximate surface area is 207 Å². The Kier molecular flexibility index (Phi) is 7.45. The lowest BCUT2D eigenvalue weighted by molar-refractivity contribution is -0.384. The monoisotopic (exact) mass is 491 g/mol. The van der Waals surface area contributed by atoms with Gasteiger partial charge in [-0.2, -0.15) is 0 Å². The number of nitrogens with zero attached hydrogens (tertiary/aromatic N) is 2. The number of non-ortho nitro benzene ring substituents is 1. The second-order valence-electron chi connectivity index (χ2n) is 8.10. The predicted octanol–water partition coefficient (Wildman–Crippen LogP) is 4.44.